The first-order chi connectivity index (χ1) is 21.1. The number of allylic oxidation sites excluding steroid dienone is 2. The second-order valence-corrected chi connectivity index (χ2v) is 14.8. The lowest BCUT2D eigenvalue weighted by molar-refractivity contribution is -0.117. The summed E-state index contributed by atoms with van der Waals surface area (Å²) in [5.41, 5.74) is 4.04. The molecule has 1 aromatic rings. The quantitative estimate of drug-likeness (QED) is 0.139. The molecule has 0 saturated heterocycles. The molecular weight excluding hydrogens is 540 g/mol. The number of hydrogen-bond donors (Lipinski definition) is 0. The van der Waals surface area contributed by atoms with Crippen LogP contribution in [-0.2, 0) is 9.59 Å². The minimum Gasteiger partial charge on any atom is -0.348 e. The second-order valence-electron chi connectivity index (χ2n) is 14.8. The SMILES string of the molecule is CCCCCCCCCC(=O)C1=CN(c2ccc(N3C=C(C(=O)CCCCCCCCC)C(C)(C)CC3)cc2)CCC1(C)C. The van der Waals surface area contributed by atoms with Gasteiger partial charge in [-0.3, -0.25) is 9.59 Å². The van der Waals surface area contributed by atoms with Crippen LogP contribution in [0.15, 0.2) is 47.8 Å². The van der Waals surface area contributed by atoms with Crippen molar-refractivity contribution in [2.75, 3.05) is 22.9 Å². The molecule has 246 valence electrons. The van der Waals surface area contributed by atoms with E-state index in [9.17, 15) is 9.59 Å². The molecule has 44 heavy (non-hydrogen) atoms. The van der Waals surface area contributed by atoms with E-state index in [1.54, 1.807) is 0 Å². The number of carbonyl (C=O) groups excluding carboxylic acids is 2. The fourth-order valence-corrected chi connectivity index (χ4v) is 6.76. The number of hydrogen-bond acceptors (Lipinski definition) is 4. The molecule has 0 saturated carbocycles. The third kappa shape index (κ3) is 10.9. The third-order valence-corrected chi connectivity index (χ3v) is 10.1. The van der Waals surface area contributed by atoms with Gasteiger partial charge in [0, 0.05) is 60.9 Å². The van der Waals surface area contributed by atoms with Crippen LogP contribution in [-0.4, -0.2) is 24.7 Å². The third-order valence-electron chi connectivity index (χ3n) is 10.1. The number of unbranched alkanes of at least 4 members (excludes halogenated alkanes) is 12. The number of nitrogens with zero attached hydrogens (tertiary/aromatic N) is 2. The van der Waals surface area contributed by atoms with E-state index < -0.39 is 0 Å². The number of ketones is 2. The summed E-state index contributed by atoms with van der Waals surface area (Å²) < 4.78 is 0. The van der Waals surface area contributed by atoms with E-state index in [0.29, 0.717) is 24.4 Å². The highest BCUT2D eigenvalue weighted by Gasteiger charge is 2.34. The van der Waals surface area contributed by atoms with E-state index in [4.69, 9.17) is 0 Å². The molecule has 3 rings (SSSR count). The predicted octanol–water partition coefficient (Wildman–Crippen LogP) is 11.3. The maximum absolute atomic E-state index is 13.3. The second kappa shape index (κ2) is 18.0. The van der Waals surface area contributed by atoms with E-state index in [2.05, 4.69) is 88.0 Å². The lowest BCUT2D eigenvalue weighted by Gasteiger charge is -2.38. The van der Waals surface area contributed by atoms with Gasteiger partial charge in [0.25, 0.3) is 0 Å². The monoisotopic (exact) mass is 604 g/mol. The Labute approximate surface area is 270 Å². The lowest BCUT2D eigenvalue weighted by Crippen LogP contribution is -2.35. The van der Waals surface area contributed by atoms with Crippen molar-refractivity contribution in [2.24, 2.45) is 10.8 Å². The Bertz CT molecular complexity index is 1010. The van der Waals surface area contributed by atoms with Crippen molar-refractivity contribution in [1.29, 1.82) is 0 Å². The van der Waals surface area contributed by atoms with Crippen molar-refractivity contribution >= 4 is 22.9 Å². The molecule has 2 aliphatic heterocycles. The van der Waals surface area contributed by atoms with Crippen LogP contribution in [0.25, 0.3) is 0 Å². The van der Waals surface area contributed by atoms with Gasteiger partial charge in [0.2, 0.25) is 0 Å². The van der Waals surface area contributed by atoms with Gasteiger partial charge in [0.05, 0.1) is 0 Å². The van der Waals surface area contributed by atoms with Crippen LogP contribution in [0.2, 0.25) is 0 Å². The molecule has 0 fully saturated rings. The van der Waals surface area contributed by atoms with Gasteiger partial charge in [0.15, 0.2) is 11.6 Å². The van der Waals surface area contributed by atoms with Crippen LogP contribution in [0.3, 0.4) is 0 Å². The normalized spacial score (nSPS) is 17.8. The van der Waals surface area contributed by atoms with Crippen LogP contribution in [0.5, 0.6) is 0 Å². The van der Waals surface area contributed by atoms with Gasteiger partial charge in [0.1, 0.15) is 0 Å². The standard InChI is InChI=1S/C40H64N2O2/c1-7-9-11-13-15-17-19-21-37(43)35-31-41(29-27-39(35,3)4)33-23-25-34(26-24-33)42-30-28-40(5,6)36(32-42)38(44)22-20-18-16-14-12-10-8-2/h23-26,31-32H,7-22,27-30H2,1-6H3. The molecule has 0 amide bonds. The molecular formula is C40H64N2O2. The molecule has 0 N–H and O–H groups in total. The highest BCUT2D eigenvalue weighted by atomic mass is 16.1. The summed E-state index contributed by atoms with van der Waals surface area (Å²) in [5.74, 6) is 0.638. The van der Waals surface area contributed by atoms with Crippen LogP contribution < -0.4 is 9.80 Å². The molecule has 2 aliphatic rings. The highest BCUT2D eigenvalue weighted by Crippen LogP contribution is 2.40. The number of anilines is 2. The predicted molar refractivity (Wildman–Crippen MR) is 189 cm³/mol. The first-order valence-electron chi connectivity index (χ1n) is 18.2. The Morgan fingerprint density at radius 2 is 0.864 bits per heavy atom. The summed E-state index contributed by atoms with van der Waals surface area (Å²) in [5, 5.41) is 0. The van der Waals surface area contributed by atoms with Crippen molar-refractivity contribution in [3.8, 4) is 0 Å². The van der Waals surface area contributed by atoms with E-state index in [1.165, 1.54) is 64.2 Å². The van der Waals surface area contributed by atoms with E-state index in [-0.39, 0.29) is 10.8 Å². The Hall–Kier alpha value is -2.36. The Kier molecular flexibility index (Phi) is 14.7. The summed E-state index contributed by atoms with van der Waals surface area (Å²) >= 11 is 0. The topological polar surface area (TPSA) is 40.6 Å². The molecule has 1 aromatic carbocycles. The molecule has 4 nitrogen and oxygen atoms in total. The largest absolute Gasteiger partial charge is 0.348 e. The van der Waals surface area contributed by atoms with Crippen LogP contribution in [0, 0.1) is 10.8 Å². The van der Waals surface area contributed by atoms with Gasteiger partial charge in [-0.15, -0.1) is 0 Å². The summed E-state index contributed by atoms with van der Waals surface area (Å²) in [7, 11) is 0. The van der Waals surface area contributed by atoms with Crippen molar-refractivity contribution in [3.05, 3.63) is 47.8 Å². The van der Waals surface area contributed by atoms with E-state index >= 15 is 0 Å². The molecule has 0 unspecified atom stereocenters. The molecule has 0 aromatic heterocycles. The minimum atomic E-state index is -0.0853. The van der Waals surface area contributed by atoms with Crippen molar-refractivity contribution in [1.82, 2.24) is 0 Å². The van der Waals surface area contributed by atoms with Crippen molar-refractivity contribution < 1.29 is 9.59 Å². The maximum atomic E-state index is 13.3. The maximum Gasteiger partial charge on any atom is 0.160 e. The van der Waals surface area contributed by atoms with Gasteiger partial charge >= 0.3 is 0 Å². The zero-order valence-electron chi connectivity index (χ0n) is 29.3. The molecule has 2 heterocycles. The van der Waals surface area contributed by atoms with E-state index in [0.717, 1.165) is 74.1 Å². The van der Waals surface area contributed by atoms with Crippen LogP contribution >= 0.6 is 0 Å². The number of Topliss-reactive ketones (excluding diaryl/α,β-unsaturated/α-hetero) is 2. The fraction of sp³-hybridized carbons (Fsp3) is 0.700. The molecule has 0 spiro atoms. The number of carbonyl (C=O) groups is 2. The average Bonchev–Trinajstić information content (AvgIpc) is 3.00. The summed E-state index contributed by atoms with van der Waals surface area (Å²) in [6.45, 7) is 15.2. The molecule has 4 heteroatoms. The van der Waals surface area contributed by atoms with Gasteiger partial charge < -0.3 is 9.80 Å². The summed E-state index contributed by atoms with van der Waals surface area (Å²) in [6.07, 6.45) is 24.7. The van der Waals surface area contributed by atoms with Gasteiger partial charge in [-0.05, 0) is 60.8 Å². The Morgan fingerprint density at radius 3 is 1.20 bits per heavy atom. The number of rotatable bonds is 20. The molecule has 0 aliphatic carbocycles. The van der Waals surface area contributed by atoms with E-state index in [1.807, 2.05) is 0 Å². The zero-order valence-corrected chi connectivity index (χ0v) is 29.3. The Morgan fingerprint density at radius 1 is 0.545 bits per heavy atom. The number of benzene rings is 1. The van der Waals surface area contributed by atoms with Crippen LogP contribution in [0.4, 0.5) is 11.4 Å². The van der Waals surface area contributed by atoms with Crippen molar-refractivity contribution in [2.45, 2.75) is 157 Å². The molecule has 0 radical (unpaired) electrons. The van der Waals surface area contributed by atoms with Gasteiger partial charge in [-0.1, -0.05) is 119 Å². The molecule has 0 atom stereocenters. The first kappa shape index (κ1) is 36.1. The van der Waals surface area contributed by atoms with Crippen molar-refractivity contribution in [3.63, 3.8) is 0 Å². The fourth-order valence-electron chi connectivity index (χ4n) is 6.76. The Balaban J connectivity index is 1.60. The average molecular weight is 605 g/mol. The van der Waals surface area contributed by atoms with Gasteiger partial charge in [-0.25, -0.2) is 0 Å². The lowest BCUT2D eigenvalue weighted by atomic mass is 9.76. The van der Waals surface area contributed by atoms with Crippen LogP contribution in [0.1, 0.15) is 157 Å². The smallest absolute Gasteiger partial charge is 0.160 e. The summed E-state index contributed by atoms with van der Waals surface area (Å²) in [6, 6.07) is 8.71. The molecule has 0 bridgehead atoms. The summed E-state index contributed by atoms with van der Waals surface area (Å²) in [4.78, 5) is 31.2. The highest BCUT2D eigenvalue weighted by molar-refractivity contribution is 5.98. The van der Waals surface area contributed by atoms with Gasteiger partial charge in [-0.2, -0.15) is 0 Å². The minimum absolute atomic E-state index is 0.0853. The first-order valence-corrected chi connectivity index (χ1v) is 18.2. The zero-order chi connectivity index (χ0) is 32.0.